The van der Waals surface area contributed by atoms with Crippen molar-refractivity contribution in [1.29, 1.82) is 0 Å². The molecule has 0 atom stereocenters. The average Bonchev–Trinajstić information content (AvgIpc) is 3.30. The van der Waals surface area contributed by atoms with Crippen LogP contribution in [-0.4, -0.2) is 54.4 Å². The molecule has 1 saturated heterocycles. The molecular weight excluding hydrogens is 330 g/mol. The smallest absolute Gasteiger partial charge is 0.254 e. The van der Waals surface area contributed by atoms with Gasteiger partial charge >= 0.3 is 0 Å². The Morgan fingerprint density at radius 1 is 1.42 bits per heavy atom. The van der Waals surface area contributed by atoms with Crippen molar-refractivity contribution in [2.45, 2.75) is 25.4 Å². The predicted octanol–water partition coefficient (Wildman–Crippen LogP) is 2.31. The number of amides is 1. The van der Waals surface area contributed by atoms with Gasteiger partial charge in [0, 0.05) is 31.5 Å². The van der Waals surface area contributed by atoms with Crippen molar-refractivity contribution in [1.82, 2.24) is 15.0 Å². The fourth-order valence-electron chi connectivity index (χ4n) is 2.70. The number of likely N-dealkylation sites (tertiary alicyclic amines) is 1. The van der Waals surface area contributed by atoms with Gasteiger partial charge in [0.1, 0.15) is 6.61 Å². The number of hydrogen-bond acceptors (Lipinski definition) is 7. The van der Waals surface area contributed by atoms with E-state index in [0.717, 1.165) is 18.4 Å². The third-order valence-corrected chi connectivity index (χ3v) is 4.74. The van der Waals surface area contributed by atoms with Crippen molar-refractivity contribution >= 4 is 17.2 Å². The molecule has 0 aromatic carbocycles. The van der Waals surface area contributed by atoms with E-state index in [9.17, 15) is 4.79 Å². The molecule has 2 aromatic rings. The Hall–Kier alpha value is -1.77. The van der Waals surface area contributed by atoms with Crippen LogP contribution in [0.15, 0.2) is 21.3 Å². The molecule has 24 heavy (non-hydrogen) atoms. The first kappa shape index (κ1) is 17.1. The zero-order valence-corrected chi connectivity index (χ0v) is 14.5. The summed E-state index contributed by atoms with van der Waals surface area (Å²) in [5.41, 5.74) is 0.772. The van der Waals surface area contributed by atoms with E-state index in [1.165, 1.54) is 0 Å². The highest BCUT2D eigenvalue weighted by molar-refractivity contribution is 7.08. The number of carbonyl (C=O) groups is 1. The molecule has 0 spiro atoms. The molecule has 8 heteroatoms. The van der Waals surface area contributed by atoms with Gasteiger partial charge in [-0.05, 0) is 24.3 Å². The maximum Gasteiger partial charge on any atom is 0.254 e. The molecule has 1 amide bonds. The lowest BCUT2D eigenvalue weighted by atomic mass is 9.96. The molecule has 1 aliphatic heterocycles. The third-order valence-electron chi connectivity index (χ3n) is 4.06. The van der Waals surface area contributed by atoms with Crippen LogP contribution in [0.3, 0.4) is 0 Å². The summed E-state index contributed by atoms with van der Waals surface area (Å²) >= 11 is 1.54. The highest BCUT2D eigenvalue weighted by Crippen LogP contribution is 2.27. The van der Waals surface area contributed by atoms with Gasteiger partial charge in [0.15, 0.2) is 5.82 Å². The first-order chi connectivity index (χ1) is 11.8. The summed E-state index contributed by atoms with van der Waals surface area (Å²) in [6.07, 6.45) is 1.69. The molecule has 3 rings (SSSR count). The highest BCUT2D eigenvalue weighted by atomic mass is 32.1. The van der Waals surface area contributed by atoms with Crippen molar-refractivity contribution in [3.63, 3.8) is 0 Å². The zero-order chi connectivity index (χ0) is 16.8. The van der Waals surface area contributed by atoms with Crippen molar-refractivity contribution < 1.29 is 18.8 Å². The molecule has 0 saturated carbocycles. The molecule has 7 nitrogen and oxygen atoms in total. The number of aromatic nitrogens is 2. The second-order valence-electron chi connectivity index (χ2n) is 5.67. The minimum absolute atomic E-state index is 0.107. The van der Waals surface area contributed by atoms with Crippen LogP contribution in [0.1, 0.15) is 40.8 Å². The van der Waals surface area contributed by atoms with Crippen LogP contribution in [0.2, 0.25) is 0 Å². The van der Waals surface area contributed by atoms with Gasteiger partial charge in [-0.3, -0.25) is 4.79 Å². The van der Waals surface area contributed by atoms with Crippen LogP contribution < -0.4 is 0 Å². The molecule has 1 aliphatic rings. The van der Waals surface area contributed by atoms with Crippen LogP contribution in [0.5, 0.6) is 0 Å². The van der Waals surface area contributed by atoms with Crippen LogP contribution in [-0.2, 0) is 16.1 Å². The van der Waals surface area contributed by atoms with E-state index in [1.807, 2.05) is 21.7 Å². The number of thiophene rings is 1. The van der Waals surface area contributed by atoms with E-state index >= 15 is 0 Å². The molecule has 0 unspecified atom stereocenters. The normalized spacial score (nSPS) is 15.8. The lowest BCUT2D eigenvalue weighted by Crippen LogP contribution is -2.37. The highest BCUT2D eigenvalue weighted by Gasteiger charge is 2.27. The number of ether oxygens (including phenoxy) is 2. The van der Waals surface area contributed by atoms with Gasteiger partial charge in [-0.15, -0.1) is 0 Å². The molecule has 0 aliphatic carbocycles. The van der Waals surface area contributed by atoms with Gasteiger partial charge in [0.2, 0.25) is 0 Å². The summed E-state index contributed by atoms with van der Waals surface area (Å²) < 4.78 is 15.5. The second-order valence-corrected chi connectivity index (χ2v) is 6.45. The Morgan fingerprint density at radius 2 is 2.25 bits per heavy atom. The number of rotatable bonds is 7. The number of hydrogen-bond donors (Lipinski definition) is 0. The monoisotopic (exact) mass is 351 g/mol. The van der Waals surface area contributed by atoms with Crippen molar-refractivity contribution in [3.8, 4) is 0 Å². The van der Waals surface area contributed by atoms with E-state index in [1.54, 1.807) is 18.4 Å². The Balaban J connectivity index is 1.48. The van der Waals surface area contributed by atoms with Gasteiger partial charge in [-0.25, -0.2) is 0 Å². The standard InChI is InChI=1S/C16H21N3O4S/c1-21-7-8-22-10-14-17-15(18-23-14)12-2-5-19(6-3-12)16(20)13-4-9-24-11-13/h4,9,11-12H,2-3,5-8,10H2,1H3. The van der Waals surface area contributed by atoms with Gasteiger partial charge in [-0.2, -0.15) is 16.3 Å². The number of carbonyl (C=O) groups excluding carboxylic acids is 1. The average molecular weight is 351 g/mol. The Kier molecular flexibility index (Phi) is 5.95. The molecule has 130 valence electrons. The van der Waals surface area contributed by atoms with Crippen molar-refractivity contribution in [3.05, 3.63) is 34.1 Å². The quantitative estimate of drug-likeness (QED) is 0.713. The Morgan fingerprint density at radius 3 is 2.96 bits per heavy atom. The van der Waals surface area contributed by atoms with E-state index in [2.05, 4.69) is 10.1 Å². The lowest BCUT2D eigenvalue weighted by molar-refractivity contribution is 0.0494. The molecule has 0 N–H and O–H groups in total. The summed E-state index contributed by atoms with van der Waals surface area (Å²) in [7, 11) is 1.63. The molecule has 0 bridgehead atoms. The minimum atomic E-state index is 0.107. The summed E-state index contributed by atoms with van der Waals surface area (Å²) in [6.45, 7) is 2.77. The van der Waals surface area contributed by atoms with Gasteiger partial charge in [0.25, 0.3) is 11.8 Å². The molecule has 1 fully saturated rings. The summed E-state index contributed by atoms with van der Waals surface area (Å²) in [6, 6.07) is 1.87. The van der Waals surface area contributed by atoms with Gasteiger partial charge in [0.05, 0.1) is 18.8 Å². The topological polar surface area (TPSA) is 77.7 Å². The van der Waals surface area contributed by atoms with E-state index < -0.39 is 0 Å². The van der Waals surface area contributed by atoms with Crippen molar-refractivity contribution in [2.75, 3.05) is 33.4 Å². The first-order valence-corrected chi connectivity index (χ1v) is 8.93. The first-order valence-electron chi connectivity index (χ1n) is 7.98. The zero-order valence-electron chi connectivity index (χ0n) is 13.6. The number of methoxy groups -OCH3 is 1. The largest absolute Gasteiger partial charge is 0.382 e. The second kappa shape index (κ2) is 8.36. The molecule has 2 aromatic heterocycles. The summed E-state index contributed by atoms with van der Waals surface area (Å²) in [4.78, 5) is 18.6. The van der Waals surface area contributed by atoms with E-state index in [-0.39, 0.29) is 11.8 Å². The molecule has 3 heterocycles. The molecular formula is C16H21N3O4S. The summed E-state index contributed by atoms with van der Waals surface area (Å²) in [5.74, 6) is 1.53. The minimum Gasteiger partial charge on any atom is -0.382 e. The third kappa shape index (κ3) is 4.19. The van der Waals surface area contributed by atoms with Crippen molar-refractivity contribution in [2.24, 2.45) is 0 Å². The maximum atomic E-state index is 12.3. The molecule has 0 radical (unpaired) electrons. The van der Waals surface area contributed by atoms with Crippen LogP contribution in [0, 0.1) is 0 Å². The van der Waals surface area contributed by atoms with Crippen LogP contribution in [0.25, 0.3) is 0 Å². The van der Waals surface area contributed by atoms with E-state index in [4.69, 9.17) is 14.0 Å². The SMILES string of the molecule is COCCOCc1nc(C2CCN(C(=O)c3ccsc3)CC2)no1. The van der Waals surface area contributed by atoms with Gasteiger partial charge < -0.3 is 18.9 Å². The van der Waals surface area contributed by atoms with Crippen LogP contribution in [0.4, 0.5) is 0 Å². The lowest BCUT2D eigenvalue weighted by Gasteiger charge is -2.30. The Bertz CT molecular complexity index is 636. The van der Waals surface area contributed by atoms with E-state index in [0.29, 0.717) is 44.6 Å². The van der Waals surface area contributed by atoms with Gasteiger partial charge in [-0.1, -0.05) is 5.16 Å². The number of nitrogens with zero attached hydrogens (tertiary/aromatic N) is 3. The van der Waals surface area contributed by atoms with Crippen LogP contribution >= 0.6 is 11.3 Å². The fraction of sp³-hybridized carbons (Fsp3) is 0.562. The maximum absolute atomic E-state index is 12.3. The Labute approximate surface area is 144 Å². The summed E-state index contributed by atoms with van der Waals surface area (Å²) in [5, 5.41) is 7.88. The number of piperidine rings is 1. The fourth-order valence-corrected chi connectivity index (χ4v) is 3.33. The predicted molar refractivity (Wildman–Crippen MR) is 88.0 cm³/mol.